The number of hydrogen-bond donors (Lipinski definition) is 0. The molecular weight excluding hydrogens is 231 g/mol. The zero-order valence-electron chi connectivity index (χ0n) is 10.5. The predicted molar refractivity (Wildman–Crippen MR) is 67.8 cm³/mol. The van der Waals surface area contributed by atoms with Gasteiger partial charge in [0.25, 0.3) is 0 Å². The Morgan fingerprint density at radius 3 is 2.94 bits per heavy atom. The van der Waals surface area contributed by atoms with Crippen molar-refractivity contribution in [2.45, 2.75) is 26.2 Å². The second-order valence-corrected chi connectivity index (χ2v) is 4.22. The van der Waals surface area contributed by atoms with Gasteiger partial charge in [-0.3, -0.25) is 4.79 Å². The lowest BCUT2D eigenvalue weighted by Gasteiger charge is -2.20. The Hall–Kier alpha value is -1.89. The Kier molecular flexibility index (Phi) is 5.31. The number of carbonyl (C=O) groups is 1. The maximum Gasteiger partial charge on any atom is 0.228 e. The molecule has 0 saturated carbocycles. The number of halogens is 1. The van der Waals surface area contributed by atoms with Crippen LogP contribution in [-0.2, 0) is 4.79 Å². The van der Waals surface area contributed by atoms with Crippen LogP contribution >= 0.6 is 0 Å². The fraction of sp³-hybridized carbons (Fsp3) is 0.429. The number of carbonyl (C=O) groups excluding carboxylic acids is 1. The van der Waals surface area contributed by atoms with E-state index in [2.05, 4.69) is 12.6 Å². The third kappa shape index (κ3) is 3.85. The molecule has 1 saturated heterocycles. The summed E-state index contributed by atoms with van der Waals surface area (Å²) in [5, 5.41) is 8.85. The molecule has 1 heterocycles. The van der Waals surface area contributed by atoms with Crippen molar-refractivity contribution < 1.29 is 9.18 Å². The van der Waals surface area contributed by atoms with Crippen LogP contribution in [0.2, 0.25) is 0 Å². The fourth-order valence-corrected chi connectivity index (χ4v) is 1.82. The Morgan fingerprint density at radius 2 is 2.33 bits per heavy atom. The molecule has 0 aromatic heterocycles. The third-order valence-electron chi connectivity index (χ3n) is 2.90. The van der Waals surface area contributed by atoms with Gasteiger partial charge in [0.2, 0.25) is 5.91 Å². The molecule has 1 fully saturated rings. The monoisotopic (exact) mass is 248 g/mol. The van der Waals surface area contributed by atoms with Gasteiger partial charge in [-0.1, -0.05) is 12.7 Å². The Labute approximate surface area is 107 Å². The normalized spacial score (nSPS) is 21.8. The van der Waals surface area contributed by atoms with E-state index in [0.29, 0.717) is 12.2 Å². The first-order valence-corrected chi connectivity index (χ1v) is 5.97. The van der Waals surface area contributed by atoms with E-state index in [-0.39, 0.29) is 24.1 Å². The van der Waals surface area contributed by atoms with E-state index in [1.807, 2.05) is 0 Å². The summed E-state index contributed by atoms with van der Waals surface area (Å²) >= 11 is 0. The van der Waals surface area contributed by atoms with Crippen molar-refractivity contribution in [3.8, 4) is 6.07 Å². The summed E-state index contributed by atoms with van der Waals surface area (Å²) in [5.74, 6) is -0.700. The first kappa shape index (κ1) is 14.2. The van der Waals surface area contributed by atoms with Gasteiger partial charge in [-0.25, -0.2) is 4.39 Å². The minimum Gasteiger partial charge on any atom is -0.313 e. The van der Waals surface area contributed by atoms with Crippen LogP contribution < -0.4 is 0 Å². The Balaban J connectivity index is 2.71. The minimum absolute atomic E-state index is 0.116. The van der Waals surface area contributed by atoms with Crippen LogP contribution in [0.3, 0.4) is 0 Å². The van der Waals surface area contributed by atoms with E-state index >= 15 is 0 Å². The van der Waals surface area contributed by atoms with Crippen molar-refractivity contribution in [3.63, 3.8) is 0 Å². The van der Waals surface area contributed by atoms with Crippen molar-refractivity contribution in [2.24, 2.45) is 5.92 Å². The lowest BCUT2D eigenvalue weighted by Crippen LogP contribution is -2.28. The molecular formula is C14H17FN2O. The number of nitriles is 1. The smallest absolute Gasteiger partial charge is 0.228 e. The third-order valence-corrected chi connectivity index (χ3v) is 2.90. The van der Waals surface area contributed by atoms with Gasteiger partial charge in [-0.15, -0.1) is 0 Å². The molecule has 18 heavy (non-hydrogen) atoms. The fourth-order valence-electron chi connectivity index (χ4n) is 1.82. The molecule has 0 aromatic rings. The highest BCUT2D eigenvalue weighted by atomic mass is 19.1. The second-order valence-electron chi connectivity index (χ2n) is 4.22. The van der Waals surface area contributed by atoms with Gasteiger partial charge in [0.15, 0.2) is 0 Å². The van der Waals surface area contributed by atoms with E-state index < -0.39 is 0 Å². The van der Waals surface area contributed by atoms with Gasteiger partial charge in [0.05, 0.1) is 12.0 Å². The summed E-state index contributed by atoms with van der Waals surface area (Å²) in [7, 11) is 0. The molecule has 1 unspecified atom stereocenters. The molecule has 4 heteroatoms. The number of likely N-dealkylation sites (tertiary alicyclic amines) is 1. The molecule has 3 nitrogen and oxygen atoms in total. The maximum absolute atomic E-state index is 12.9. The van der Waals surface area contributed by atoms with Crippen LogP contribution in [0.4, 0.5) is 4.39 Å². The van der Waals surface area contributed by atoms with Gasteiger partial charge < -0.3 is 4.90 Å². The molecule has 0 aromatic carbocycles. The molecule has 1 rings (SSSR count). The van der Waals surface area contributed by atoms with Crippen LogP contribution in [0, 0.1) is 17.2 Å². The Bertz CT molecular complexity index is 432. The van der Waals surface area contributed by atoms with Gasteiger partial charge >= 0.3 is 0 Å². The van der Waals surface area contributed by atoms with Crippen molar-refractivity contribution in [2.75, 3.05) is 6.54 Å². The molecule has 0 radical (unpaired) electrons. The zero-order chi connectivity index (χ0) is 13.5. The number of nitrogens with zero attached hydrogens (tertiary/aromatic N) is 2. The molecule has 1 aliphatic heterocycles. The molecule has 0 spiro atoms. The zero-order valence-corrected chi connectivity index (χ0v) is 10.5. The summed E-state index contributed by atoms with van der Waals surface area (Å²) in [6.45, 7) is 5.90. The first-order valence-electron chi connectivity index (χ1n) is 5.97. The van der Waals surface area contributed by atoms with E-state index in [9.17, 15) is 9.18 Å². The van der Waals surface area contributed by atoms with Gasteiger partial charge in [-0.2, -0.15) is 5.26 Å². The number of hydrogen-bond acceptors (Lipinski definition) is 2. The quantitative estimate of drug-likeness (QED) is 0.720. The minimum atomic E-state index is -0.367. The summed E-state index contributed by atoms with van der Waals surface area (Å²) in [5.41, 5.74) is 0.468. The predicted octanol–water partition coefficient (Wildman–Crippen LogP) is 3.08. The largest absolute Gasteiger partial charge is 0.313 e. The lowest BCUT2D eigenvalue weighted by molar-refractivity contribution is -0.128. The topological polar surface area (TPSA) is 44.1 Å². The Morgan fingerprint density at radius 1 is 1.61 bits per heavy atom. The van der Waals surface area contributed by atoms with E-state index in [0.717, 1.165) is 12.8 Å². The summed E-state index contributed by atoms with van der Waals surface area (Å²) < 4.78 is 12.9. The van der Waals surface area contributed by atoms with Crippen molar-refractivity contribution in [1.29, 1.82) is 5.26 Å². The highest BCUT2D eigenvalue weighted by Gasteiger charge is 2.23. The summed E-state index contributed by atoms with van der Waals surface area (Å²) in [6.07, 6.45) is 5.80. The highest BCUT2D eigenvalue weighted by Crippen LogP contribution is 2.20. The lowest BCUT2D eigenvalue weighted by atomic mass is 10.0. The number of allylic oxidation sites excluding steroid dienone is 4. The molecule has 0 N–H and O–H groups in total. The van der Waals surface area contributed by atoms with Crippen LogP contribution in [0.15, 0.2) is 36.3 Å². The van der Waals surface area contributed by atoms with Crippen molar-refractivity contribution in [1.82, 2.24) is 4.90 Å². The van der Waals surface area contributed by atoms with E-state index in [4.69, 9.17) is 5.26 Å². The second kappa shape index (κ2) is 6.75. The molecule has 1 aliphatic rings. The van der Waals surface area contributed by atoms with E-state index in [1.54, 1.807) is 6.92 Å². The summed E-state index contributed by atoms with van der Waals surface area (Å²) in [6, 6.07) is 2.13. The van der Waals surface area contributed by atoms with Crippen LogP contribution in [-0.4, -0.2) is 17.4 Å². The van der Waals surface area contributed by atoms with Crippen molar-refractivity contribution >= 4 is 5.91 Å². The average molecular weight is 248 g/mol. The molecule has 0 aliphatic carbocycles. The molecule has 1 amide bonds. The first-order chi connectivity index (χ1) is 8.58. The van der Waals surface area contributed by atoms with Crippen LogP contribution in [0.1, 0.15) is 26.2 Å². The molecule has 0 bridgehead atoms. The van der Waals surface area contributed by atoms with Crippen LogP contribution in [0.5, 0.6) is 0 Å². The van der Waals surface area contributed by atoms with E-state index in [1.165, 1.54) is 23.1 Å². The SMILES string of the molecule is C=C(/C=C\C(F)=C/C)N1CCCC(C#N)CC1=O. The maximum atomic E-state index is 12.9. The summed E-state index contributed by atoms with van der Waals surface area (Å²) in [4.78, 5) is 13.4. The number of rotatable bonds is 3. The number of amides is 1. The van der Waals surface area contributed by atoms with Crippen molar-refractivity contribution in [3.05, 3.63) is 36.3 Å². The highest BCUT2D eigenvalue weighted by molar-refractivity contribution is 5.79. The average Bonchev–Trinajstić information content (AvgIpc) is 2.56. The van der Waals surface area contributed by atoms with Gasteiger partial charge in [-0.05, 0) is 31.9 Å². The molecule has 96 valence electrons. The van der Waals surface area contributed by atoms with Crippen LogP contribution in [0.25, 0.3) is 0 Å². The van der Waals surface area contributed by atoms with Gasteiger partial charge in [0.1, 0.15) is 5.83 Å². The standard InChI is InChI=1S/C14H17FN2O/c1-3-13(15)7-6-11(2)17-8-4-5-12(10-16)9-14(17)18/h3,6-7,12H,2,4-5,8-9H2,1H3/b7-6-,13-3+. The molecule has 1 atom stereocenters. The van der Waals surface area contributed by atoms with Gasteiger partial charge in [0, 0.05) is 18.7 Å².